The van der Waals surface area contributed by atoms with Crippen molar-refractivity contribution in [3.05, 3.63) is 0 Å². The van der Waals surface area contributed by atoms with Crippen LogP contribution in [0.1, 0.15) is 71.6 Å². The maximum Gasteiger partial charge on any atom is 0.410 e. The zero-order chi connectivity index (χ0) is 19.6. The van der Waals surface area contributed by atoms with Gasteiger partial charge in [-0.1, -0.05) is 26.7 Å². The summed E-state index contributed by atoms with van der Waals surface area (Å²) in [5, 5.41) is 0. The van der Waals surface area contributed by atoms with Gasteiger partial charge in [0.05, 0.1) is 13.2 Å². The predicted molar refractivity (Wildman–Crippen MR) is 101 cm³/mol. The van der Waals surface area contributed by atoms with Crippen LogP contribution in [-0.2, 0) is 24.0 Å². The van der Waals surface area contributed by atoms with Crippen molar-refractivity contribution >= 4 is 6.09 Å². The van der Waals surface area contributed by atoms with E-state index in [4.69, 9.17) is 24.0 Å². The average molecular weight is 398 g/mol. The Morgan fingerprint density at radius 1 is 1.14 bits per heavy atom. The van der Waals surface area contributed by atoms with Crippen molar-refractivity contribution in [1.29, 1.82) is 0 Å². The molecule has 1 amide bonds. The molecule has 160 valence electrons. The molecule has 2 heterocycles. The van der Waals surface area contributed by atoms with Crippen molar-refractivity contribution in [2.75, 3.05) is 26.3 Å². The lowest BCUT2D eigenvalue weighted by molar-refractivity contribution is -0.369. The van der Waals surface area contributed by atoms with Gasteiger partial charge in [0.2, 0.25) is 11.6 Å². The molecule has 5 atom stereocenters. The third-order valence-electron chi connectivity index (χ3n) is 6.88. The van der Waals surface area contributed by atoms with E-state index in [0.29, 0.717) is 44.6 Å². The first-order valence-electron chi connectivity index (χ1n) is 11.1. The number of morpholine rings is 1. The molecule has 2 saturated heterocycles. The Labute approximate surface area is 167 Å². The fraction of sp³-hybridized carbons (Fsp3) is 0.952. The van der Waals surface area contributed by atoms with Crippen LogP contribution in [0.4, 0.5) is 4.79 Å². The van der Waals surface area contributed by atoms with Crippen molar-refractivity contribution in [2.24, 2.45) is 11.8 Å². The van der Waals surface area contributed by atoms with Crippen LogP contribution in [0.15, 0.2) is 0 Å². The lowest BCUT2D eigenvalue weighted by Gasteiger charge is -2.41. The third-order valence-corrected chi connectivity index (χ3v) is 6.88. The molecule has 2 aliphatic carbocycles. The predicted octanol–water partition coefficient (Wildman–Crippen LogP) is 4.01. The summed E-state index contributed by atoms with van der Waals surface area (Å²) in [6, 6.07) is 0. The summed E-state index contributed by atoms with van der Waals surface area (Å²) in [5.74, 6) is -0.500. The molecule has 28 heavy (non-hydrogen) atoms. The largest absolute Gasteiger partial charge is 0.446 e. The molecule has 0 aromatic heterocycles. The minimum Gasteiger partial charge on any atom is -0.446 e. The van der Waals surface area contributed by atoms with Crippen LogP contribution in [0.5, 0.6) is 0 Å². The summed E-state index contributed by atoms with van der Waals surface area (Å²) in [4.78, 5) is 26.0. The van der Waals surface area contributed by atoms with E-state index >= 15 is 0 Å². The van der Waals surface area contributed by atoms with Crippen LogP contribution >= 0.6 is 0 Å². The van der Waals surface area contributed by atoms with Crippen LogP contribution in [-0.4, -0.2) is 55.0 Å². The molecule has 2 saturated carbocycles. The van der Waals surface area contributed by atoms with Gasteiger partial charge >= 0.3 is 6.09 Å². The highest BCUT2D eigenvalue weighted by atomic mass is 17.3. The Hall–Kier alpha value is -0.890. The molecule has 0 aromatic carbocycles. The highest BCUT2D eigenvalue weighted by Crippen LogP contribution is 2.52. The number of nitrogens with zero attached hydrogens (tertiary/aromatic N) is 1. The van der Waals surface area contributed by atoms with Crippen LogP contribution in [0.3, 0.4) is 0 Å². The Bertz CT molecular complexity index is 553. The molecule has 7 nitrogen and oxygen atoms in total. The van der Waals surface area contributed by atoms with Gasteiger partial charge in [-0.15, -0.1) is 0 Å². The molecule has 4 fully saturated rings. The summed E-state index contributed by atoms with van der Waals surface area (Å²) in [5.41, 5.74) is 0. The quantitative estimate of drug-likeness (QED) is 0.671. The number of ether oxygens (including phenoxy) is 3. The SMILES string of the molecule is CCCC1CCC(C)C2(C1)OOC1(CCCC(OC(=O)N3CCOCC3)C1)O2. The van der Waals surface area contributed by atoms with Gasteiger partial charge in [-0.2, -0.15) is 9.78 Å². The fourth-order valence-electron chi connectivity index (χ4n) is 5.20. The van der Waals surface area contributed by atoms with Gasteiger partial charge in [-0.05, 0) is 31.6 Å². The van der Waals surface area contributed by atoms with Crippen molar-refractivity contribution < 1.29 is 28.8 Å². The summed E-state index contributed by atoms with van der Waals surface area (Å²) in [6.45, 7) is 6.75. The molecule has 0 radical (unpaired) electrons. The normalized spacial score (nSPS) is 41.5. The number of carbonyl (C=O) groups excluding carboxylic acids is 1. The lowest BCUT2D eigenvalue weighted by Crippen LogP contribution is -2.48. The molecule has 0 bridgehead atoms. The number of hydrogen-bond acceptors (Lipinski definition) is 6. The molecule has 5 unspecified atom stereocenters. The van der Waals surface area contributed by atoms with Crippen LogP contribution in [0.25, 0.3) is 0 Å². The highest BCUT2D eigenvalue weighted by Gasteiger charge is 2.59. The Morgan fingerprint density at radius 2 is 1.96 bits per heavy atom. The molecular formula is C21H35NO6. The minimum absolute atomic E-state index is 0.201. The average Bonchev–Trinajstić information content (AvgIpc) is 3.04. The van der Waals surface area contributed by atoms with Gasteiger partial charge in [0.25, 0.3) is 0 Å². The Balaban J connectivity index is 1.37. The van der Waals surface area contributed by atoms with Gasteiger partial charge in [0.1, 0.15) is 6.10 Å². The standard InChI is InChI=1S/C21H35NO6/c1-3-5-17-8-7-16(2)21(14-17)26-20(27-28-21)9-4-6-18(15-20)25-19(23)22-10-12-24-13-11-22/h16-18H,3-15H2,1-2H3. The van der Waals surface area contributed by atoms with Crippen molar-refractivity contribution in [1.82, 2.24) is 4.90 Å². The zero-order valence-electron chi connectivity index (χ0n) is 17.3. The first kappa shape index (κ1) is 20.4. The highest BCUT2D eigenvalue weighted by molar-refractivity contribution is 5.67. The van der Waals surface area contributed by atoms with Gasteiger partial charge in [-0.3, -0.25) is 0 Å². The Kier molecular flexibility index (Phi) is 6.16. The van der Waals surface area contributed by atoms with E-state index in [1.54, 1.807) is 4.90 Å². The molecule has 0 aromatic rings. The number of carbonyl (C=O) groups is 1. The minimum atomic E-state index is -0.781. The van der Waals surface area contributed by atoms with E-state index in [1.165, 1.54) is 19.3 Å². The van der Waals surface area contributed by atoms with E-state index < -0.39 is 11.6 Å². The van der Waals surface area contributed by atoms with Gasteiger partial charge in [-0.25, -0.2) is 4.79 Å². The lowest BCUT2D eigenvalue weighted by atomic mass is 9.76. The van der Waals surface area contributed by atoms with Crippen LogP contribution in [0.2, 0.25) is 0 Å². The van der Waals surface area contributed by atoms with E-state index in [-0.39, 0.29) is 12.2 Å². The molecular weight excluding hydrogens is 362 g/mol. The summed E-state index contributed by atoms with van der Waals surface area (Å²) in [6.07, 6.45) is 8.20. The maximum absolute atomic E-state index is 12.5. The zero-order valence-corrected chi connectivity index (χ0v) is 17.3. The summed E-state index contributed by atoms with van der Waals surface area (Å²) < 4.78 is 17.7. The topological polar surface area (TPSA) is 66.5 Å². The smallest absolute Gasteiger partial charge is 0.410 e. The molecule has 4 rings (SSSR count). The number of rotatable bonds is 3. The van der Waals surface area contributed by atoms with E-state index in [0.717, 1.165) is 32.1 Å². The van der Waals surface area contributed by atoms with Crippen LogP contribution < -0.4 is 0 Å². The number of amides is 1. The van der Waals surface area contributed by atoms with E-state index in [2.05, 4.69) is 13.8 Å². The first-order chi connectivity index (χ1) is 13.5. The van der Waals surface area contributed by atoms with Gasteiger partial charge < -0.3 is 19.1 Å². The molecule has 2 spiro atoms. The van der Waals surface area contributed by atoms with Gasteiger partial charge in [0.15, 0.2) is 0 Å². The molecule has 0 N–H and O–H groups in total. The fourth-order valence-corrected chi connectivity index (χ4v) is 5.20. The molecule has 4 aliphatic rings. The second-order valence-electron chi connectivity index (χ2n) is 9.03. The van der Waals surface area contributed by atoms with Gasteiger partial charge in [0, 0.05) is 38.3 Å². The maximum atomic E-state index is 12.5. The monoisotopic (exact) mass is 397 g/mol. The van der Waals surface area contributed by atoms with Crippen molar-refractivity contribution in [3.8, 4) is 0 Å². The second kappa shape index (κ2) is 8.46. The van der Waals surface area contributed by atoms with E-state index in [9.17, 15) is 4.79 Å². The first-order valence-corrected chi connectivity index (χ1v) is 11.1. The second-order valence-corrected chi connectivity index (χ2v) is 9.03. The van der Waals surface area contributed by atoms with E-state index in [1.807, 2.05) is 0 Å². The van der Waals surface area contributed by atoms with Crippen molar-refractivity contribution in [2.45, 2.75) is 89.3 Å². The van der Waals surface area contributed by atoms with Crippen molar-refractivity contribution in [3.63, 3.8) is 0 Å². The third kappa shape index (κ3) is 4.18. The Morgan fingerprint density at radius 3 is 2.75 bits per heavy atom. The molecule has 7 heteroatoms. The summed E-state index contributed by atoms with van der Waals surface area (Å²) in [7, 11) is 0. The van der Waals surface area contributed by atoms with Crippen LogP contribution in [0, 0.1) is 11.8 Å². The number of hydrogen-bond donors (Lipinski definition) is 0. The molecule has 2 aliphatic heterocycles. The summed E-state index contributed by atoms with van der Waals surface area (Å²) >= 11 is 0.